The van der Waals surface area contributed by atoms with Gasteiger partial charge in [-0.25, -0.2) is 9.37 Å². The lowest BCUT2D eigenvalue weighted by Crippen LogP contribution is -2.30. The zero-order valence-electron chi connectivity index (χ0n) is 15.7. The van der Waals surface area contributed by atoms with Crippen molar-refractivity contribution in [3.05, 3.63) is 90.1 Å². The van der Waals surface area contributed by atoms with Crippen LogP contribution in [0.4, 0.5) is 4.39 Å². The standard InChI is InChI=1S/C24H19FN2O2/c25-19-9-4-8-18(14-19)24(28)27-13-5-10-21(27)23-26-20-15-17(11-12-22(20)29-23)16-6-2-1-3-7-16/h1-4,6-9,11-12,14-15,21H,5,10,13H2/t21-/m1/s1. The summed E-state index contributed by atoms with van der Waals surface area (Å²) in [6.45, 7) is 0.605. The highest BCUT2D eigenvalue weighted by molar-refractivity contribution is 5.94. The summed E-state index contributed by atoms with van der Waals surface area (Å²) >= 11 is 0. The molecule has 1 aliphatic heterocycles. The van der Waals surface area contributed by atoms with Gasteiger partial charge in [-0.15, -0.1) is 0 Å². The summed E-state index contributed by atoms with van der Waals surface area (Å²) < 4.78 is 19.6. The smallest absolute Gasteiger partial charge is 0.254 e. The van der Waals surface area contributed by atoms with Gasteiger partial charge >= 0.3 is 0 Å². The van der Waals surface area contributed by atoms with E-state index in [0.29, 0.717) is 23.6 Å². The highest BCUT2D eigenvalue weighted by Gasteiger charge is 2.34. The van der Waals surface area contributed by atoms with Gasteiger partial charge in [0.1, 0.15) is 17.4 Å². The van der Waals surface area contributed by atoms with E-state index < -0.39 is 5.82 Å². The zero-order valence-corrected chi connectivity index (χ0v) is 15.7. The van der Waals surface area contributed by atoms with Crippen LogP contribution in [0.25, 0.3) is 22.2 Å². The predicted molar refractivity (Wildman–Crippen MR) is 109 cm³/mol. The molecule has 1 fully saturated rings. The number of amides is 1. The van der Waals surface area contributed by atoms with E-state index >= 15 is 0 Å². The van der Waals surface area contributed by atoms with E-state index in [9.17, 15) is 9.18 Å². The Labute approximate surface area is 167 Å². The fraction of sp³-hybridized carbons (Fsp3) is 0.167. The van der Waals surface area contributed by atoms with Crippen LogP contribution >= 0.6 is 0 Å². The van der Waals surface area contributed by atoms with Gasteiger partial charge in [-0.2, -0.15) is 0 Å². The molecule has 1 saturated heterocycles. The number of benzene rings is 3. The van der Waals surface area contributed by atoms with Gasteiger partial charge in [0.25, 0.3) is 5.91 Å². The molecule has 2 heterocycles. The second-order valence-corrected chi connectivity index (χ2v) is 7.27. The third-order valence-corrected chi connectivity index (χ3v) is 5.38. The van der Waals surface area contributed by atoms with Gasteiger partial charge < -0.3 is 9.32 Å². The molecule has 0 N–H and O–H groups in total. The largest absolute Gasteiger partial charge is 0.438 e. The first-order valence-corrected chi connectivity index (χ1v) is 9.71. The van der Waals surface area contributed by atoms with Crippen molar-refractivity contribution in [3.8, 4) is 11.1 Å². The summed E-state index contributed by atoms with van der Waals surface area (Å²) in [6.07, 6.45) is 1.64. The van der Waals surface area contributed by atoms with Crippen LogP contribution in [0.1, 0.15) is 35.1 Å². The van der Waals surface area contributed by atoms with Crippen molar-refractivity contribution in [1.82, 2.24) is 9.88 Å². The molecule has 3 aromatic carbocycles. The highest BCUT2D eigenvalue weighted by atomic mass is 19.1. The average molecular weight is 386 g/mol. The number of carbonyl (C=O) groups is 1. The van der Waals surface area contributed by atoms with E-state index in [2.05, 4.69) is 12.1 Å². The number of likely N-dealkylation sites (tertiary alicyclic amines) is 1. The summed E-state index contributed by atoms with van der Waals surface area (Å²) in [5.41, 5.74) is 4.00. The number of aromatic nitrogens is 1. The maximum atomic E-state index is 13.6. The molecular weight excluding hydrogens is 367 g/mol. The van der Waals surface area contributed by atoms with E-state index in [1.165, 1.54) is 12.1 Å². The summed E-state index contributed by atoms with van der Waals surface area (Å²) in [7, 11) is 0. The third kappa shape index (κ3) is 3.29. The molecule has 29 heavy (non-hydrogen) atoms. The third-order valence-electron chi connectivity index (χ3n) is 5.38. The van der Waals surface area contributed by atoms with Crippen molar-refractivity contribution < 1.29 is 13.6 Å². The highest BCUT2D eigenvalue weighted by Crippen LogP contribution is 2.35. The maximum Gasteiger partial charge on any atom is 0.254 e. The lowest BCUT2D eigenvalue weighted by Gasteiger charge is -2.22. The Kier molecular flexibility index (Phi) is 4.35. The van der Waals surface area contributed by atoms with Crippen LogP contribution in [-0.2, 0) is 0 Å². The Hall–Kier alpha value is -3.47. The number of fused-ring (bicyclic) bond motifs is 1. The van der Waals surface area contributed by atoms with Gasteiger partial charge in [-0.05, 0) is 54.3 Å². The lowest BCUT2D eigenvalue weighted by atomic mass is 10.1. The van der Waals surface area contributed by atoms with E-state index in [1.807, 2.05) is 36.4 Å². The van der Waals surface area contributed by atoms with Crippen LogP contribution < -0.4 is 0 Å². The molecular formula is C24H19FN2O2. The number of hydrogen-bond donors (Lipinski definition) is 0. The fourth-order valence-corrected chi connectivity index (χ4v) is 3.95. The Balaban J connectivity index is 1.47. The molecule has 1 atom stereocenters. The van der Waals surface area contributed by atoms with Crippen molar-refractivity contribution in [2.45, 2.75) is 18.9 Å². The van der Waals surface area contributed by atoms with Gasteiger partial charge in [-0.1, -0.05) is 42.5 Å². The van der Waals surface area contributed by atoms with E-state index in [4.69, 9.17) is 9.40 Å². The summed E-state index contributed by atoms with van der Waals surface area (Å²) in [6, 6.07) is 21.6. The van der Waals surface area contributed by atoms with Crippen molar-refractivity contribution in [2.75, 3.05) is 6.54 Å². The number of rotatable bonds is 3. The molecule has 4 aromatic rings. The van der Waals surface area contributed by atoms with Gasteiger partial charge in [-0.3, -0.25) is 4.79 Å². The number of halogens is 1. The molecule has 0 aliphatic carbocycles. The second kappa shape index (κ2) is 7.17. The number of nitrogens with zero attached hydrogens (tertiary/aromatic N) is 2. The lowest BCUT2D eigenvalue weighted by molar-refractivity contribution is 0.0716. The van der Waals surface area contributed by atoms with Crippen molar-refractivity contribution in [3.63, 3.8) is 0 Å². The molecule has 1 aliphatic rings. The van der Waals surface area contributed by atoms with Gasteiger partial charge in [0.2, 0.25) is 5.89 Å². The molecule has 0 unspecified atom stereocenters. The van der Waals surface area contributed by atoms with Gasteiger partial charge in [0, 0.05) is 12.1 Å². The second-order valence-electron chi connectivity index (χ2n) is 7.27. The Morgan fingerprint density at radius 2 is 1.86 bits per heavy atom. The molecule has 0 spiro atoms. The molecule has 4 nitrogen and oxygen atoms in total. The van der Waals surface area contributed by atoms with Gasteiger partial charge in [0.15, 0.2) is 5.58 Å². The van der Waals surface area contributed by atoms with Crippen molar-refractivity contribution in [2.24, 2.45) is 0 Å². The molecule has 144 valence electrons. The molecule has 0 saturated carbocycles. The Morgan fingerprint density at radius 1 is 1.00 bits per heavy atom. The minimum Gasteiger partial charge on any atom is -0.438 e. The van der Waals surface area contributed by atoms with Crippen LogP contribution in [0, 0.1) is 5.82 Å². The van der Waals surface area contributed by atoms with Crippen molar-refractivity contribution >= 4 is 17.0 Å². The summed E-state index contributed by atoms with van der Waals surface area (Å²) in [5, 5.41) is 0. The summed E-state index contributed by atoms with van der Waals surface area (Å²) in [4.78, 5) is 19.4. The van der Waals surface area contributed by atoms with E-state index in [-0.39, 0.29) is 11.9 Å². The first-order valence-electron chi connectivity index (χ1n) is 9.71. The first-order chi connectivity index (χ1) is 14.2. The Morgan fingerprint density at radius 3 is 2.69 bits per heavy atom. The molecule has 1 amide bonds. The number of oxazole rings is 1. The minimum atomic E-state index is -0.415. The predicted octanol–water partition coefficient (Wildman–Crippen LogP) is 5.61. The van der Waals surface area contributed by atoms with Crippen LogP contribution in [0.15, 0.2) is 77.2 Å². The van der Waals surface area contributed by atoms with Crippen LogP contribution in [0.3, 0.4) is 0 Å². The van der Waals surface area contributed by atoms with Crippen LogP contribution in [-0.4, -0.2) is 22.3 Å². The van der Waals surface area contributed by atoms with E-state index in [0.717, 1.165) is 29.5 Å². The molecule has 5 rings (SSSR count). The quantitative estimate of drug-likeness (QED) is 0.460. The SMILES string of the molecule is O=C(c1cccc(F)c1)N1CCC[C@@H]1c1nc2cc(-c3ccccc3)ccc2o1. The maximum absolute atomic E-state index is 13.6. The average Bonchev–Trinajstić information content (AvgIpc) is 3.40. The molecule has 1 aromatic heterocycles. The van der Waals surface area contributed by atoms with Gasteiger partial charge in [0.05, 0.1) is 0 Å². The first kappa shape index (κ1) is 17.6. The Bertz CT molecular complexity index is 1190. The van der Waals surface area contributed by atoms with E-state index in [1.54, 1.807) is 17.0 Å². The molecule has 0 bridgehead atoms. The van der Waals surface area contributed by atoms with Crippen LogP contribution in [0.2, 0.25) is 0 Å². The normalized spacial score (nSPS) is 16.4. The molecule has 0 radical (unpaired) electrons. The summed E-state index contributed by atoms with van der Waals surface area (Å²) in [5.74, 6) is -0.0754. The van der Waals surface area contributed by atoms with Crippen molar-refractivity contribution in [1.29, 1.82) is 0 Å². The van der Waals surface area contributed by atoms with Crippen LogP contribution in [0.5, 0.6) is 0 Å². The number of hydrogen-bond acceptors (Lipinski definition) is 3. The molecule has 5 heteroatoms. The zero-order chi connectivity index (χ0) is 19.8. The monoisotopic (exact) mass is 386 g/mol. The topological polar surface area (TPSA) is 46.3 Å². The minimum absolute atomic E-state index is 0.195. The fourth-order valence-electron chi connectivity index (χ4n) is 3.95. The number of carbonyl (C=O) groups excluding carboxylic acids is 1.